The molecule has 0 unspecified atom stereocenters. The van der Waals surface area contributed by atoms with E-state index in [2.05, 4.69) is 13.2 Å². The Balaban J connectivity index is 2.17. The van der Waals surface area contributed by atoms with Gasteiger partial charge in [0.25, 0.3) is 5.91 Å². The summed E-state index contributed by atoms with van der Waals surface area (Å²) in [5.41, 5.74) is -0.0400. The molecule has 2 atom stereocenters. The summed E-state index contributed by atoms with van der Waals surface area (Å²) in [6, 6.07) is -0.210. The van der Waals surface area contributed by atoms with Crippen molar-refractivity contribution in [3.8, 4) is 0 Å². The average molecular weight is 346 g/mol. The standard InChI is InChI=1S/C18H22N2O5/c1-4-6-18-11-25-10-14(18)19-9-12(17(22)23)8-13(24-3)15(19)16(21)20(18)7-5-2/h4-5,9,14H,1-2,6-8,10-11H2,3H3,(H,22,23)/t14-,18+/m0/s1. The molecule has 2 saturated heterocycles. The van der Waals surface area contributed by atoms with Gasteiger partial charge in [0.1, 0.15) is 11.5 Å². The van der Waals surface area contributed by atoms with E-state index < -0.39 is 11.5 Å². The van der Waals surface area contributed by atoms with Crippen LogP contribution in [0.5, 0.6) is 0 Å². The van der Waals surface area contributed by atoms with Crippen LogP contribution in [0, 0.1) is 0 Å². The Labute approximate surface area is 146 Å². The van der Waals surface area contributed by atoms with Crippen molar-refractivity contribution in [2.75, 3.05) is 26.9 Å². The van der Waals surface area contributed by atoms with Crippen LogP contribution < -0.4 is 0 Å². The maximum Gasteiger partial charge on any atom is 0.333 e. The van der Waals surface area contributed by atoms with E-state index in [1.54, 1.807) is 28.2 Å². The normalized spacial score (nSPS) is 28.3. The van der Waals surface area contributed by atoms with Crippen LogP contribution >= 0.6 is 0 Å². The van der Waals surface area contributed by atoms with E-state index in [9.17, 15) is 14.7 Å². The van der Waals surface area contributed by atoms with E-state index in [1.165, 1.54) is 7.11 Å². The molecule has 134 valence electrons. The number of carboxylic acid groups (broad SMARTS) is 1. The molecule has 3 rings (SSSR count). The zero-order valence-electron chi connectivity index (χ0n) is 14.2. The molecule has 0 aromatic heterocycles. The molecule has 25 heavy (non-hydrogen) atoms. The Hall–Kier alpha value is -2.54. The fourth-order valence-corrected chi connectivity index (χ4v) is 3.93. The van der Waals surface area contributed by atoms with Crippen LogP contribution in [0.15, 0.2) is 48.5 Å². The van der Waals surface area contributed by atoms with Crippen LogP contribution in [0.1, 0.15) is 12.8 Å². The Bertz CT molecular complexity index is 696. The number of carbonyl (C=O) groups excluding carboxylic acids is 1. The number of hydrogen-bond acceptors (Lipinski definition) is 5. The number of piperazine rings is 1. The quantitative estimate of drug-likeness (QED) is 0.730. The van der Waals surface area contributed by atoms with E-state index in [0.717, 1.165) is 0 Å². The van der Waals surface area contributed by atoms with Crippen LogP contribution in [0.25, 0.3) is 0 Å². The molecule has 0 aromatic rings. The molecule has 3 heterocycles. The van der Waals surface area contributed by atoms with E-state index in [1.807, 2.05) is 0 Å². The van der Waals surface area contributed by atoms with Gasteiger partial charge >= 0.3 is 5.97 Å². The van der Waals surface area contributed by atoms with Crippen LogP contribution in [-0.4, -0.2) is 65.2 Å². The van der Waals surface area contributed by atoms with E-state index >= 15 is 0 Å². The number of aliphatic carboxylic acids is 1. The largest absolute Gasteiger partial charge is 0.498 e. The Morgan fingerprint density at radius 2 is 2.28 bits per heavy atom. The molecule has 0 aromatic carbocycles. The minimum Gasteiger partial charge on any atom is -0.498 e. The summed E-state index contributed by atoms with van der Waals surface area (Å²) in [5.74, 6) is -0.873. The molecule has 2 fully saturated rings. The maximum atomic E-state index is 13.3. The third kappa shape index (κ3) is 2.46. The van der Waals surface area contributed by atoms with Gasteiger partial charge in [0, 0.05) is 19.2 Å². The van der Waals surface area contributed by atoms with Crippen molar-refractivity contribution in [3.63, 3.8) is 0 Å². The highest BCUT2D eigenvalue weighted by atomic mass is 16.5. The first kappa shape index (κ1) is 17.3. The van der Waals surface area contributed by atoms with Crippen molar-refractivity contribution in [2.45, 2.75) is 24.4 Å². The molecular weight excluding hydrogens is 324 g/mol. The molecule has 0 spiro atoms. The van der Waals surface area contributed by atoms with Gasteiger partial charge in [0.15, 0.2) is 0 Å². The average Bonchev–Trinajstić information content (AvgIpc) is 3.02. The van der Waals surface area contributed by atoms with E-state index in [0.29, 0.717) is 37.6 Å². The number of fused-ring (bicyclic) bond motifs is 3. The van der Waals surface area contributed by atoms with Crippen LogP contribution in [-0.2, 0) is 19.1 Å². The Morgan fingerprint density at radius 3 is 2.88 bits per heavy atom. The molecular formula is C18H22N2O5. The van der Waals surface area contributed by atoms with Crippen molar-refractivity contribution in [1.82, 2.24) is 9.80 Å². The predicted octanol–water partition coefficient (Wildman–Crippen LogP) is 1.26. The fraction of sp³-hybridized carbons (Fsp3) is 0.444. The molecule has 0 saturated carbocycles. The highest BCUT2D eigenvalue weighted by molar-refractivity contribution is 5.97. The van der Waals surface area contributed by atoms with Gasteiger partial charge in [-0.3, -0.25) is 4.79 Å². The summed E-state index contributed by atoms with van der Waals surface area (Å²) in [4.78, 5) is 28.2. The summed E-state index contributed by atoms with van der Waals surface area (Å²) in [7, 11) is 1.45. The highest BCUT2D eigenvalue weighted by Crippen LogP contribution is 2.44. The number of nitrogens with zero attached hydrogens (tertiary/aromatic N) is 2. The third-order valence-corrected chi connectivity index (χ3v) is 5.07. The van der Waals surface area contributed by atoms with Crippen molar-refractivity contribution in [2.24, 2.45) is 0 Å². The monoisotopic (exact) mass is 346 g/mol. The van der Waals surface area contributed by atoms with Crippen molar-refractivity contribution >= 4 is 11.9 Å². The lowest BCUT2D eigenvalue weighted by molar-refractivity contribution is -0.142. The number of ether oxygens (including phenoxy) is 2. The second kappa shape index (κ2) is 6.40. The van der Waals surface area contributed by atoms with E-state index in [-0.39, 0.29) is 23.9 Å². The van der Waals surface area contributed by atoms with E-state index in [4.69, 9.17) is 9.47 Å². The maximum absolute atomic E-state index is 13.3. The van der Waals surface area contributed by atoms with Crippen LogP contribution in [0.2, 0.25) is 0 Å². The van der Waals surface area contributed by atoms with Gasteiger partial charge in [-0.15, -0.1) is 13.2 Å². The van der Waals surface area contributed by atoms with Gasteiger partial charge < -0.3 is 24.4 Å². The minimum atomic E-state index is -1.03. The predicted molar refractivity (Wildman–Crippen MR) is 90.3 cm³/mol. The number of hydrogen-bond donors (Lipinski definition) is 1. The van der Waals surface area contributed by atoms with Gasteiger partial charge in [-0.25, -0.2) is 4.79 Å². The second-order valence-electron chi connectivity index (χ2n) is 6.35. The second-order valence-corrected chi connectivity index (χ2v) is 6.35. The highest BCUT2D eigenvalue weighted by Gasteiger charge is 2.58. The van der Waals surface area contributed by atoms with Crippen LogP contribution in [0.3, 0.4) is 0 Å². The smallest absolute Gasteiger partial charge is 0.333 e. The van der Waals surface area contributed by atoms with Crippen LogP contribution in [0.4, 0.5) is 0 Å². The summed E-state index contributed by atoms with van der Waals surface area (Å²) in [5, 5.41) is 9.42. The molecule has 0 aliphatic carbocycles. The lowest BCUT2D eigenvalue weighted by Gasteiger charge is -2.53. The van der Waals surface area contributed by atoms with Gasteiger partial charge in [-0.1, -0.05) is 12.2 Å². The van der Waals surface area contributed by atoms with Gasteiger partial charge in [-0.05, 0) is 6.42 Å². The van der Waals surface area contributed by atoms with Crippen molar-refractivity contribution in [1.29, 1.82) is 0 Å². The SMILES string of the molecule is C=CCN1C(=O)C2=C(OC)CC(C(=O)O)=CN2[C@H]2COC[C@]21CC=C. The first-order valence-electron chi connectivity index (χ1n) is 8.11. The molecule has 3 aliphatic heterocycles. The van der Waals surface area contributed by atoms with Crippen molar-refractivity contribution < 1.29 is 24.2 Å². The third-order valence-electron chi connectivity index (χ3n) is 5.07. The number of methoxy groups -OCH3 is 1. The van der Waals surface area contributed by atoms with Gasteiger partial charge in [0.05, 0.1) is 37.5 Å². The summed E-state index contributed by atoms with van der Waals surface area (Å²) >= 11 is 0. The molecule has 0 bridgehead atoms. The zero-order valence-corrected chi connectivity index (χ0v) is 14.2. The number of allylic oxidation sites excluding steroid dienone is 1. The lowest BCUT2D eigenvalue weighted by atomic mass is 9.82. The van der Waals surface area contributed by atoms with Gasteiger partial charge in [-0.2, -0.15) is 0 Å². The molecule has 1 amide bonds. The molecule has 7 heteroatoms. The topological polar surface area (TPSA) is 79.3 Å². The summed E-state index contributed by atoms with van der Waals surface area (Å²) in [6.07, 6.45) is 5.61. The first-order valence-corrected chi connectivity index (χ1v) is 8.11. The summed E-state index contributed by atoms with van der Waals surface area (Å²) in [6.45, 7) is 8.71. The number of amides is 1. The Kier molecular flexibility index (Phi) is 4.43. The number of carbonyl (C=O) groups is 2. The number of rotatable bonds is 6. The minimum absolute atomic E-state index is 0.0768. The lowest BCUT2D eigenvalue weighted by Crippen LogP contribution is -2.68. The molecule has 0 radical (unpaired) electrons. The fourth-order valence-electron chi connectivity index (χ4n) is 3.93. The molecule has 7 nitrogen and oxygen atoms in total. The zero-order chi connectivity index (χ0) is 18.2. The first-order chi connectivity index (χ1) is 12.0. The van der Waals surface area contributed by atoms with Gasteiger partial charge in [0.2, 0.25) is 0 Å². The molecule has 3 aliphatic rings. The van der Waals surface area contributed by atoms with Crippen molar-refractivity contribution in [3.05, 3.63) is 48.5 Å². The summed E-state index contributed by atoms with van der Waals surface area (Å²) < 4.78 is 11.1. The molecule has 1 N–H and O–H groups in total. The Morgan fingerprint density at radius 1 is 1.52 bits per heavy atom. The number of carboxylic acids is 1.